The molecule has 1 aromatic heterocycles. The first kappa shape index (κ1) is 17.5. The Labute approximate surface area is 150 Å². The van der Waals surface area contributed by atoms with Crippen molar-refractivity contribution >= 4 is 28.7 Å². The number of para-hydroxylation sites is 2. The first-order valence-electron chi connectivity index (χ1n) is 8.38. The molecule has 2 N–H and O–H groups in total. The lowest BCUT2D eigenvalue weighted by Gasteiger charge is -2.11. The maximum Gasteiger partial charge on any atom is 0.303 e. The number of nitrogens with zero attached hydrogens (tertiary/aromatic N) is 2. The van der Waals surface area contributed by atoms with Gasteiger partial charge in [-0.25, -0.2) is 9.97 Å². The van der Waals surface area contributed by atoms with Gasteiger partial charge in [0.2, 0.25) is 5.91 Å². The summed E-state index contributed by atoms with van der Waals surface area (Å²) >= 11 is 0. The van der Waals surface area contributed by atoms with E-state index in [2.05, 4.69) is 15.3 Å². The Hall–Kier alpha value is -3.28. The number of aliphatic carboxylic acids is 1. The lowest BCUT2D eigenvalue weighted by molar-refractivity contribution is -0.137. The van der Waals surface area contributed by atoms with E-state index in [1.165, 1.54) is 0 Å². The van der Waals surface area contributed by atoms with Crippen LogP contribution in [0.1, 0.15) is 24.8 Å². The van der Waals surface area contributed by atoms with Crippen LogP contribution in [0.5, 0.6) is 0 Å². The molecule has 1 amide bonds. The Morgan fingerprint density at radius 1 is 0.962 bits per heavy atom. The van der Waals surface area contributed by atoms with Crippen LogP contribution < -0.4 is 5.32 Å². The molecule has 0 atom stereocenters. The number of hydrogen-bond donors (Lipinski definition) is 2. The van der Waals surface area contributed by atoms with Crippen LogP contribution >= 0.6 is 0 Å². The van der Waals surface area contributed by atoms with Crippen molar-refractivity contribution in [3.8, 4) is 11.3 Å². The van der Waals surface area contributed by atoms with Gasteiger partial charge < -0.3 is 10.4 Å². The van der Waals surface area contributed by atoms with Crippen LogP contribution in [0.4, 0.5) is 5.82 Å². The van der Waals surface area contributed by atoms with Crippen LogP contribution in [0.15, 0.2) is 48.5 Å². The highest BCUT2D eigenvalue weighted by Crippen LogP contribution is 2.27. The summed E-state index contributed by atoms with van der Waals surface area (Å²) in [5.74, 6) is -0.805. The molecule has 132 valence electrons. The Kier molecular flexibility index (Phi) is 5.22. The summed E-state index contributed by atoms with van der Waals surface area (Å²) in [7, 11) is 0. The van der Waals surface area contributed by atoms with Gasteiger partial charge in [0.05, 0.1) is 11.0 Å². The second kappa shape index (κ2) is 7.74. The average molecular weight is 349 g/mol. The summed E-state index contributed by atoms with van der Waals surface area (Å²) in [5, 5.41) is 11.5. The number of anilines is 1. The van der Waals surface area contributed by atoms with E-state index in [9.17, 15) is 9.59 Å². The zero-order valence-corrected chi connectivity index (χ0v) is 14.4. The topological polar surface area (TPSA) is 92.2 Å². The third kappa shape index (κ3) is 4.22. The molecular weight excluding hydrogens is 330 g/mol. The summed E-state index contributed by atoms with van der Waals surface area (Å²) in [6, 6.07) is 15.3. The van der Waals surface area contributed by atoms with E-state index in [-0.39, 0.29) is 25.2 Å². The molecule has 1 heterocycles. The molecule has 0 spiro atoms. The molecule has 3 aromatic rings. The van der Waals surface area contributed by atoms with Crippen LogP contribution in [0.3, 0.4) is 0 Å². The molecule has 0 radical (unpaired) electrons. The lowest BCUT2D eigenvalue weighted by Crippen LogP contribution is -2.14. The second-order valence-electron chi connectivity index (χ2n) is 6.07. The standard InChI is InChI=1S/C20H19N3O3/c1-13-9-11-14(12-10-13)19-20(23-17(24)7-4-8-18(25)26)22-16-6-3-2-5-15(16)21-19/h2-3,5-6,9-12H,4,7-8H2,1H3,(H,25,26)(H,22,23,24). The Morgan fingerprint density at radius 2 is 1.62 bits per heavy atom. The lowest BCUT2D eigenvalue weighted by atomic mass is 10.1. The highest BCUT2D eigenvalue weighted by molar-refractivity contribution is 5.95. The zero-order chi connectivity index (χ0) is 18.5. The van der Waals surface area contributed by atoms with Crippen molar-refractivity contribution in [2.45, 2.75) is 26.2 Å². The quantitative estimate of drug-likeness (QED) is 0.706. The molecule has 0 saturated carbocycles. The average Bonchev–Trinajstić information content (AvgIpc) is 2.61. The summed E-state index contributed by atoms with van der Waals surface area (Å²) in [6.45, 7) is 2.00. The van der Waals surface area contributed by atoms with Crippen molar-refractivity contribution in [1.29, 1.82) is 0 Å². The third-order valence-electron chi connectivity index (χ3n) is 3.95. The summed E-state index contributed by atoms with van der Waals surface area (Å²) < 4.78 is 0. The van der Waals surface area contributed by atoms with Gasteiger partial charge >= 0.3 is 5.97 Å². The van der Waals surface area contributed by atoms with E-state index < -0.39 is 5.97 Å². The minimum atomic E-state index is -0.913. The largest absolute Gasteiger partial charge is 0.481 e. The number of benzene rings is 2. The van der Waals surface area contributed by atoms with E-state index in [4.69, 9.17) is 5.11 Å². The number of carboxylic acid groups (broad SMARTS) is 1. The predicted octanol–water partition coefficient (Wildman–Crippen LogP) is 3.80. The predicted molar refractivity (Wildman–Crippen MR) is 99.8 cm³/mol. The van der Waals surface area contributed by atoms with Crippen molar-refractivity contribution in [3.05, 3.63) is 54.1 Å². The fourth-order valence-corrected chi connectivity index (χ4v) is 2.59. The summed E-state index contributed by atoms with van der Waals surface area (Å²) in [4.78, 5) is 32.0. The molecule has 0 aliphatic heterocycles. The number of carbonyl (C=O) groups excluding carboxylic acids is 1. The Morgan fingerprint density at radius 3 is 2.27 bits per heavy atom. The van der Waals surface area contributed by atoms with Crippen molar-refractivity contribution < 1.29 is 14.7 Å². The third-order valence-corrected chi connectivity index (χ3v) is 3.95. The maximum atomic E-state index is 12.2. The van der Waals surface area contributed by atoms with Crippen molar-refractivity contribution in [2.24, 2.45) is 0 Å². The van der Waals surface area contributed by atoms with Crippen LogP contribution in [-0.2, 0) is 9.59 Å². The van der Waals surface area contributed by atoms with Gasteiger partial charge in [-0.2, -0.15) is 0 Å². The molecule has 0 bridgehead atoms. The monoisotopic (exact) mass is 349 g/mol. The first-order chi connectivity index (χ1) is 12.5. The Balaban J connectivity index is 1.93. The number of carbonyl (C=O) groups is 2. The fraction of sp³-hybridized carbons (Fsp3) is 0.200. The number of amides is 1. The number of nitrogens with one attached hydrogen (secondary N) is 1. The highest BCUT2D eigenvalue weighted by Gasteiger charge is 2.14. The van der Waals surface area contributed by atoms with Crippen LogP contribution in [0.25, 0.3) is 22.3 Å². The molecule has 6 nitrogen and oxygen atoms in total. The van der Waals surface area contributed by atoms with Gasteiger partial charge in [0.1, 0.15) is 5.69 Å². The van der Waals surface area contributed by atoms with Gasteiger partial charge in [0, 0.05) is 18.4 Å². The van der Waals surface area contributed by atoms with Gasteiger partial charge in [-0.05, 0) is 25.5 Å². The summed E-state index contributed by atoms with van der Waals surface area (Å²) in [6.07, 6.45) is 0.359. The minimum Gasteiger partial charge on any atom is -0.481 e. The molecule has 0 fully saturated rings. The number of rotatable bonds is 6. The number of aryl methyl sites for hydroxylation is 1. The Bertz CT molecular complexity index is 952. The van der Waals surface area contributed by atoms with Crippen LogP contribution in [0, 0.1) is 6.92 Å². The van der Waals surface area contributed by atoms with Crippen LogP contribution in [0.2, 0.25) is 0 Å². The van der Waals surface area contributed by atoms with E-state index in [0.717, 1.165) is 16.6 Å². The van der Waals surface area contributed by atoms with Gasteiger partial charge in [0.15, 0.2) is 5.82 Å². The van der Waals surface area contributed by atoms with Gasteiger partial charge in [-0.1, -0.05) is 42.0 Å². The number of hydrogen-bond acceptors (Lipinski definition) is 4. The first-order valence-corrected chi connectivity index (χ1v) is 8.38. The number of carboxylic acids is 1. The highest BCUT2D eigenvalue weighted by atomic mass is 16.4. The molecule has 2 aromatic carbocycles. The van der Waals surface area contributed by atoms with Crippen molar-refractivity contribution in [1.82, 2.24) is 9.97 Å². The van der Waals surface area contributed by atoms with E-state index in [1.54, 1.807) is 0 Å². The molecule has 3 rings (SSSR count). The van der Waals surface area contributed by atoms with E-state index in [0.29, 0.717) is 17.0 Å². The molecule has 0 aliphatic rings. The molecule has 26 heavy (non-hydrogen) atoms. The summed E-state index contributed by atoms with van der Waals surface area (Å²) in [5.41, 5.74) is 4.00. The minimum absolute atomic E-state index is 0.0400. The number of fused-ring (bicyclic) bond motifs is 1. The van der Waals surface area contributed by atoms with E-state index in [1.807, 2.05) is 55.5 Å². The van der Waals surface area contributed by atoms with Gasteiger partial charge in [0.25, 0.3) is 0 Å². The van der Waals surface area contributed by atoms with Crippen molar-refractivity contribution in [3.63, 3.8) is 0 Å². The normalized spacial score (nSPS) is 10.7. The van der Waals surface area contributed by atoms with E-state index >= 15 is 0 Å². The van der Waals surface area contributed by atoms with Gasteiger partial charge in [-0.15, -0.1) is 0 Å². The molecule has 0 unspecified atom stereocenters. The SMILES string of the molecule is Cc1ccc(-c2nc3ccccc3nc2NC(=O)CCCC(=O)O)cc1. The van der Waals surface area contributed by atoms with Crippen LogP contribution in [-0.4, -0.2) is 27.0 Å². The molecule has 6 heteroatoms. The molecule has 0 aliphatic carbocycles. The number of aromatic nitrogens is 2. The second-order valence-corrected chi connectivity index (χ2v) is 6.07. The fourth-order valence-electron chi connectivity index (χ4n) is 2.59. The maximum absolute atomic E-state index is 12.2. The van der Waals surface area contributed by atoms with Crippen molar-refractivity contribution in [2.75, 3.05) is 5.32 Å². The molecule has 0 saturated heterocycles. The molecular formula is C20H19N3O3. The smallest absolute Gasteiger partial charge is 0.303 e. The van der Waals surface area contributed by atoms with Gasteiger partial charge in [-0.3, -0.25) is 9.59 Å². The zero-order valence-electron chi connectivity index (χ0n) is 14.4.